The topological polar surface area (TPSA) is 75.6 Å². The van der Waals surface area contributed by atoms with E-state index in [1.807, 2.05) is 12.1 Å². The van der Waals surface area contributed by atoms with E-state index in [0.717, 1.165) is 19.3 Å². The fourth-order valence-electron chi connectivity index (χ4n) is 2.64. The van der Waals surface area contributed by atoms with E-state index in [-0.39, 0.29) is 5.91 Å². The highest BCUT2D eigenvalue weighted by atomic mass is 16.5. The van der Waals surface area contributed by atoms with Crippen LogP contribution in [0.15, 0.2) is 18.2 Å². The van der Waals surface area contributed by atoms with Gasteiger partial charge in [0.25, 0.3) is 5.91 Å². The van der Waals surface area contributed by atoms with Crippen LogP contribution in [-0.2, 0) is 22.4 Å². The summed E-state index contributed by atoms with van der Waals surface area (Å²) in [6.07, 6.45) is 4.13. The number of hydrogen-bond acceptors (Lipinski definition) is 3. The van der Waals surface area contributed by atoms with E-state index in [4.69, 9.17) is 9.84 Å². The van der Waals surface area contributed by atoms with Gasteiger partial charge in [0.2, 0.25) is 0 Å². The number of methoxy groups -OCH3 is 1. The summed E-state index contributed by atoms with van der Waals surface area (Å²) in [5.74, 6) is -1.34. The molecule has 0 saturated carbocycles. The predicted octanol–water partition coefficient (Wildman–Crippen LogP) is 1.78. The summed E-state index contributed by atoms with van der Waals surface area (Å²) in [5, 5.41) is 11.8. The van der Waals surface area contributed by atoms with Gasteiger partial charge in [0.15, 0.2) is 0 Å². The van der Waals surface area contributed by atoms with Crippen molar-refractivity contribution >= 4 is 11.9 Å². The van der Waals surface area contributed by atoms with Crippen LogP contribution in [0.2, 0.25) is 0 Å². The van der Waals surface area contributed by atoms with Crippen LogP contribution in [0.3, 0.4) is 0 Å². The zero-order valence-corrected chi connectivity index (χ0v) is 12.2. The molecule has 1 aromatic carbocycles. The second kappa shape index (κ2) is 7.22. The number of hydrogen-bond donors (Lipinski definition) is 2. The number of fused-ring (bicyclic) bond motifs is 1. The normalized spacial score (nSPS) is 14.5. The lowest BCUT2D eigenvalue weighted by atomic mass is 10.1. The molecule has 2 rings (SSSR count). The highest BCUT2D eigenvalue weighted by Crippen LogP contribution is 2.22. The molecular formula is C16H21NO4. The molecule has 0 radical (unpaired) electrons. The predicted molar refractivity (Wildman–Crippen MR) is 78.5 cm³/mol. The minimum absolute atomic E-state index is 0.325. The van der Waals surface area contributed by atoms with E-state index in [9.17, 15) is 9.59 Å². The van der Waals surface area contributed by atoms with Gasteiger partial charge in [-0.2, -0.15) is 0 Å². The van der Waals surface area contributed by atoms with Crippen molar-refractivity contribution < 1.29 is 19.4 Å². The first-order chi connectivity index (χ1) is 10.1. The Balaban J connectivity index is 1.99. The molecule has 5 heteroatoms. The van der Waals surface area contributed by atoms with Gasteiger partial charge in [-0.25, -0.2) is 4.79 Å². The number of amides is 1. The van der Waals surface area contributed by atoms with E-state index >= 15 is 0 Å². The summed E-state index contributed by atoms with van der Waals surface area (Å²) in [5.41, 5.74) is 3.03. The van der Waals surface area contributed by atoms with Crippen molar-refractivity contribution in [2.45, 2.75) is 38.1 Å². The van der Waals surface area contributed by atoms with Gasteiger partial charge >= 0.3 is 5.97 Å². The summed E-state index contributed by atoms with van der Waals surface area (Å²) < 4.78 is 4.91. The van der Waals surface area contributed by atoms with Crippen molar-refractivity contribution in [2.75, 3.05) is 13.7 Å². The molecule has 0 saturated heterocycles. The van der Waals surface area contributed by atoms with E-state index in [1.165, 1.54) is 11.1 Å². The number of carbonyl (C=O) groups is 2. The standard InChI is InChI=1S/C16H21NO4/c1-21-9-3-6-14(16(19)20)17-15(18)13-8-7-11-4-2-5-12(11)10-13/h7-8,10,14H,2-6,9H2,1H3,(H,17,18)(H,19,20). The molecule has 0 bridgehead atoms. The third-order valence-corrected chi connectivity index (χ3v) is 3.81. The number of aryl methyl sites for hydroxylation is 2. The number of ether oxygens (including phenoxy) is 1. The second-order valence-electron chi connectivity index (χ2n) is 5.34. The Bertz CT molecular complexity index is 527. The van der Waals surface area contributed by atoms with Crippen molar-refractivity contribution in [1.82, 2.24) is 5.32 Å². The molecule has 0 fully saturated rings. The molecule has 0 heterocycles. The largest absolute Gasteiger partial charge is 0.480 e. The van der Waals surface area contributed by atoms with Crippen LogP contribution in [-0.4, -0.2) is 36.7 Å². The lowest BCUT2D eigenvalue weighted by Gasteiger charge is -2.14. The summed E-state index contributed by atoms with van der Waals surface area (Å²) in [4.78, 5) is 23.4. The number of nitrogens with one attached hydrogen (secondary N) is 1. The van der Waals surface area contributed by atoms with Crippen LogP contribution in [0, 0.1) is 0 Å². The van der Waals surface area contributed by atoms with Gasteiger partial charge in [0, 0.05) is 19.3 Å². The molecule has 1 aliphatic rings. The Kier molecular flexibility index (Phi) is 5.33. The van der Waals surface area contributed by atoms with Gasteiger partial charge < -0.3 is 15.2 Å². The van der Waals surface area contributed by atoms with Crippen LogP contribution >= 0.6 is 0 Å². The lowest BCUT2D eigenvalue weighted by molar-refractivity contribution is -0.139. The van der Waals surface area contributed by atoms with Crippen LogP contribution < -0.4 is 5.32 Å². The minimum Gasteiger partial charge on any atom is -0.480 e. The van der Waals surface area contributed by atoms with Gasteiger partial charge in [-0.1, -0.05) is 6.07 Å². The highest BCUT2D eigenvalue weighted by molar-refractivity contribution is 5.96. The maximum Gasteiger partial charge on any atom is 0.326 e. The smallest absolute Gasteiger partial charge is 0.326 e. The fraction of sp³-hybridized carbons (Fsp3) is 0.500. The molecule has 1 atom stereocenters. The molecule has 114 valence electrons. The number of carbonyl (C=O) groups excluding carboxylic acids is 1. The molecule has 0 spiro atoms. The van der Waals surface area contributed by atoms with Gasteiger partial charge in [0.1, 0.15) is 6.04 Å². The molecule has 2 N–H and O–H groups in total. The van der Waals surface area contributed by atoms with Crippen molar-refractivity contribution in [3.8, 4) is 0 Å². The molecule has 0 aromatic heterocycles. The Labute approximate surface area is 124 Å². The van der Waals surface area contributed by atoms with E-state index < -0.39 is 12.0 Å². The first-order valence-electron chi connectivity index (χ1n) is 7.26. The molecule has 21 heavy (non-hydrogen) atoms. The fourth-order valence-corrected chi connectivity index (χ4v) is 2.64. The number of benzene rings is 1. The monoisotopic (exact) mass is 291 g/mol. The third-order valence-electron chi connectivity index (χ3n) is 3.81. The molecule has 0 aliphatic heterocycles. The van der Waals surface area contributed by atoms with Crippen molar-refractivity contribution in [3.05, 3.63) is 34.9 Å². The van der Waals surface area contributed by atoms with Crippen molar-refractivity contribution in [1.29, 1.82) is 0 Å². The van der Waals surface area contributed by atoms with Gasteiger partial charge in [-0.15, -0.1) is 0 Å². The zero-order chi connectivity index (χ0) is 15.2. The third kappa shape index (κ3) is 4.04. The second-order valence-corrected chi connectivity index (χ2v) is 5.34. The Morgan fingerprint density at radius 3 is 2.81 bits per heavy atom. The maximum absolute atomic E-state index is 12.2. The van der Waals surface area contributed by atoms with Crippen LogP contribution in [0.25, 0.3) is 0 Å². The summed E-state index contributed by atoms with van der Waals surface area (Å²) >= 11 is 0. The van der Waals surface area contributed by atoms with Crippen molar-refractivity contribution in [2.24, 2.45) is 0 Å². The number of rotatable bonds is 7. The average molecular weight is 291 g/mol. The molecule has 1 aliphatic carbocycles. The van der Waals surface area contributed by atoms with Gasteiger partial charge in [-0.05, 0) is 55.4 Å². The first kappa shape index (κ1) is 15.5. The Hall–Kier alpha value is -1.88. The SMILES string of the molecule is COCCCC(NC(=O)c1ccc2c(c1)CCC2)C(=O)O. The summed E-state index contributed by atoms with van der Waals surface area (Å²) in [6, 6.07) is 4.75. The summed E-state index contributed by atoms with van der Waals surface area (Å²) in [7, 11) is 1.57. The molecule has 1 aromatic rings. The van der Waals surface area contributed by atoms with Gasteiger partial charge in [-0.3, -0.25) is 4.79 Å². The first-order valence-corrected chi connectivity index (χ1v) is 7.26. The number of aliphatic carboxylic acids is 1. The van der Waals surface area contributed by atoms with Crippen LogP contribution in [0.4, 0.5) is 0 Å². The van der Waals surface area contributed by atoms with E-state index in [0.29, 0.717) is 25.0 Å². The molecule has 5 nitrogen and oxygen atoms in total. The van der Waals surface area contributed by atoms with E-state index in [1.54, 1.807) is 13.2 Å². The lowest BCUT2D eigenvalue weighted by Crippen LogP contribution is -2.40. The van der Waals surface area contributed by atoms with E-state index in [2.05, 4.69) is 5.32 Å². The van der Waals surface area contributed by atoms with Crippen molar-refractivity contribution in [3.63, 3.8) is 0 Å². The average Bonchev–Trinajstić information content (AvgIpc) is 2.93. The maximum atomic E-state index is 12.2. The number of carboxylic acids is 1. The number of carboxylic acid groups (broad SMARTS) is 1. The van der Waals surface area contributed by atoms with Gasteiger partial charge in [0.05, 0.1) is 0 Å². The Morgan fingerprint density at radius 1 is 1.33 bits per heavy atom. The summed E-state index contributed by atoms with van der Waals surface area (Å²) in [6.45, 7) is 0.485. The van der Waals surface area contributed by atoms with Crippen LogP contribution in [0.5, 0.6) is 0 Å². The highest BCUT2D eigenvalue weighted by Gasteiger charge is 2.21. The van der Waals surface area contributed by atoms with Crippen LogP contribution in [0.1, 0.15) is 40.7 Å². The molecule has 1 amide bonds. The molecular weight excluding hydrogens is 270 g/mol. The zero-order valence-electron chi connectivity index (χ0n) is 12.2. The molecule has 1 unspecified atom stereocenters. The Morgan fingerprint density at radius 2 is 2.10 bits per heavy atom. The minimum atomic E-state index is -1.01. The quantitative estimate of drug-likeness (QED) is 0.751.